The van der Waals surface area contributed by atoms with Crippen LogP contribution >= 0.6 is 0 Å². The molecule has 104 valence electrons. The van der Waals surface area contributed by atoms with Crippen molar-refractivity contribution in [2.45, 2.75) is 19.8 Å². The minimum Gasteiger partial charge on any atom is -0.385 e. The molecule has 1 aromatic rings. The van der Waals surface area contributed by atoms with E-state index in [0.717, 1.165) is 38.3 Å². The number of nitrogens with zero attached hydrogens (tertiary/aromatic N) is 1. The van der Waals surface area contributed by atoms with Gasteiger partial charge in [-0.05, 0) is 25.0 Å². The molecule has 0 bridgehead atoms. The molecule has 2 N–H and O–H groups in total. The van der Waals surface area contributed by atoms with Crippen LogP contribution in [-0.2, 0) is 4.74 Å². The van der Waals surface area contributed by atoms with Crippen molar-refractivity contribution in [1.29, 1.82) is 0 Å². The highest BCUT2D eigenvalue weighted by molar-refractivity contribution is 5.93. The molecule has 1 aliphatic rings. The van der Waals surface area contributed by atoms with E-state index in [0.29, 0.717) is 18.2 Å². The average molecular weight is 263 g/mol. The Morgan fingerprint density at radius 3 is 3.21 bits per heavy atom. The highest BCUT2D eigenvalue weighted by atomic mass is 16.5. The number of carbonyl (C=O) groups is 1. The number of hydrogen-bond donors (Lipinski definition) is 2. The Balaban J connectivity index is 1.86. The first-order valence-corrected chi connectivity index (χ1v) is 6.85. The van der Waals surface area contributed by atoms with Crippen LogP contribution in [0.2, 0.25) is 0 Å². The van der Waals surface area contributed by atoms with E-state index < -0.39 is 0 Å². The Morgan fingerprint density at radius 2 is 2.47 bits per heavy atom. The lowest BCUT2D eigenvalue weighted by Gasteiger charge is -2.10. The fraction of sp³-hybridized carbons (Fsp3) is 0.571. The summed E-state index contributed by atoms with van der Waals surface area (Å²) in [4.78, 5) is 16.1. The second kappa shape index (κ2) is 7.09. The van der Waals surface area contributed by atoms with Gasteiger partial charge in [0, 0.05) is 37.5 Å². The van der Waals surface area contributed by atoms with Crippen LogP contribution in [0, 0.1) is 5.92 Å². The van der Waals surface area contributed by atoms with Crippen LogP contribution in [0.1, 0.15) is 30.3 Å². The van der Waals surface area contributed by atoms with Crippen LogP contribution in [0.5, 0.6) is 0 Å². The Hall–Kier alpha value is -1.62. The molecule has 1 aromatic heterocycles. The van der Waals surface area contributed by atoms with Gasteiger partial charge in [0.05, 0.1) is 6.61 Å². The molecule has 1 unspecified atom stereocenters. The van der Waals surface area contributed by atoms with Gasteiger partial charge in [-0.1, -0.05) is 6.92 Å². The Kier molecular flexibility index (Phi) is 5.15. The average Bonchev–Trinajstić information content (AvgIpc) is 2.96. The van der Waals surface area contributed by atoms with E-state index in [2.05, 4.69) is 22.5 Å². The molecule has 1 amide bonds. The van der Waals surface area contributed by atoms with Crippen molar-refractivity contribution in [3.63, 3.8) is 0 Å². The van der Waals surface area contributed by atoms with Gasteiger partial charge in [-0.2, -0.15) is 0 Å². The van der Waals surface area contributed by atoms with Gasteiger partial charge in [-0.15, -0.1) is 0 Å². The third-order valence-corrected chi connectivity index (χ3v) is 3.15. The molecule has 0 spiro atoms. The summed E-state index contributed by atoms with van der Waals surface area (Å²) in [5, 5.41) is 6.16. The summed E-state index contributed by atoms with van der Waals surface area (Å²) in [6.07, 6.45) is 3.73. The molecule has 0 aliphatic carbocycles. The van der Waals surface area contributed by atoms with Crippen LogP contribution < -0.4 is 10.6 Å². The maximum atomic E-state index is 12.0. The Labute approximate surface area is 113 Å². The molecule has 5 nitrogen and oxygen atoms in total. The van der Waals surface area contributed by atoms with Crippen LogP contribution in [0.25, 0.3) is 0 Å². The van der Waals surface area contributed by atoms with Crippen molar-refractivity contribution in [3.8, 4) is 0 Å². The van der Waals surface area contributed by atoms with Gasteiger partial charge in [0.1, 0.15) is 5.69 Å². The molecule has 0 radical (unpaired) electrons. The van der Waals surface area contributed by atoms with E-state index >= 15 is 0 Å². The van der Waals surface area contributed by atoms with Crippen molar-refractivity contribution in [3.05, 3.63) is 24.0 Å². The van der Waals surface area contributed by atoms with Crippen LogP contribution in [0.15, 0.2) is 18.3 Å². The SMILES string of the molecule is CCCNc1ccnc(C(=O)NCC2CCOC2)c1. The molecular weight excluding hydrogens is 242 g/mol. The highest BCUT2D eigenvalue weighted by Gasteiger charge is 2.17. The fourth-order valence-electron chi connectivity index (χ4n) is 2.01. The smallest absolute Gasteiger partial charge is 0.269 e. The first kappa shape index (κ1) is 13.8. The highest BCUT2D eigenvalue weighted by Crippen LogP contribution is 2.11. The van der Waals surface area contributed by atoms with Crippen LogP contribution in [0.4, 0.5) is 5.69 Å². The molecule has 1 fully saturated rings. The molecule has 1 atom stereocenters. The summed E-state index contributed by atoms with van der Waals surface area (Å²) in [5.41, 5.74) is 1.39. The minimum atomic E-state index is -0.118. The van der Waals surface area contributed by atoms with E-state index in [1.165, 1.54) is 0 Å². The van der Waals surface area contributed by atoms with E-state index in [9.17, 15) is 4.79 Å². The monoisotopic (exact) mass is 263 g/mol. The molecule has 5 heteroatoms. The minimum absolute atomic E-state index is 0.118. The zero-order chi connectivity index (χ0) is 13.5. The summed E-state index contributed by atoms with van der Waals surface area (Å²) in [6.45, 7) is 5.20. The molecule has 19 heavy (non-hydrogen) atoms. The van der Waals surface area contributed by atoms with E-state index in [1.54, 1.807) is 12.3 Å². The molecule has 0 saturated carbocycles. The first-order valence-electron chi connectivity index (χ1n) is 6.85. The van der Waals surface area contributed by atoms with Gasteiger partial charge in [0.25, 0.3) is 5.91 Å². The predicted molar refractivity (Wildman–Crippen MR) is 74.3 cm³/mol. The van der Waals surface area contributed by atoms with Crippen molar-refractivity contribution >= 4 is 11.6 Å². The topological polar surface area (TPSA) is 63.2 Å². The van der Waals surface area contributed by atoms with Gasteiger partial charge in [0.2, 0.25) is 0 Å². The van der Waals surface area contributed by atoms with Gasteiger partial charge in [0.15, 0.2) is 0 Å². The van der Waals surface area contributed by atoms with Gasteiger partial charge in [-0.25, -0.2) is 0 Å². The summed E-state index contributed by atoms with van der Waals surface area (Å²) in [6, 6.07) is 3.66. The molecule has 2 rings (SSSR count). The number of amides is 1. The van der Waals surface area contributed by atoms with E-state index in [-0.39, 0.29) is 5.91 Å². The summed E-state index contributed by atoms with van der Waals surface area (Å²) >= 11 is 0. The van der Waals surface area contributed by atoms with Gasteiger partial charge < -0.3 is 15.4 Å². The number of rotatable bonds is 6. The number of carbonyl (C=O) groups excluding carboxylic acids is 1. The van der Waals surface area contributed by atoms with Crippen molar-refractivity contribution < 1.29 is 9.53 Å². The van der Waals surface area contributed by atoms with E-state index in [4.69, 9.17) is 4.74 Å². The largest absolute Gasteiger partial charge is 0.385 e. The summed E-state index contributed by atoms with van der Waals surface area (Å²) in [5.74, 6) is 0.317. The number of anilines is 1. The maximum absolute atomic E-state index is 12.0. The second-order valence-electron chi connectivity index (χ2n) is 4.80. The number of nitrogens with one attached hydrogen (secondary N) is 2. The Morgan fingerprint density at radius 1 is 1.58 bits per heavy atom. The van der Waals surface area contributed by atoms with Crippen LogP contribution in [0.3, 0.4) is 0 Å². The maximum Gasteiger partial charge on any atom is 0.269 e. The zero-order valence-corrected chi connectivity index (χ0v) is 11.3. The van der Waals surface area contributed by atoms with Gasteiger partial charge >= 0.3 is 0 Å². The molecule has 2 heterocycles. The third-order valence-electron chi connectivity index (χ3n) is 3.15. The van der Waals surface area contributed by atoms with E-state index in [1.807, 2.05) is 6.07 Å². The van der Waals surface area contributed by atoms with Crippen molar-refractivity contribution in [2.24, 2.45) is 5.92 Å². The standard InChI is InChI=1S/C14H21N3O2/c1-2-5-15-12-3-6-16-13(8-12)14(18)17-9-11-4-7-19-10-11/h3,6,8,11H,2,4-5,7,9-10H2,1H3,(H,15,16)(H,17,18). The lowest BCUT2D eigenvalue weighted by molar-refractivity contribution is 0.0940. The van der Waals surface area contributed by atoms with Gasteiger partial charge in [-0.3, -0.25) is 9.78 Å². The van der Waals surface area contributed by atoms with Crippen LogP contribution in [-0.4, -0.2) is 37.2 Å². The summed E-state index contributed by atoms with van der Waals surface area (Å²) in [7, 11) is 0. The lowest BCUT2D eigenvalue weighted by atomic mass is 10.1. The number of hydrogen-bond acceptors (Lipinski definition) is 4. The normalized spacial score (nSPS) is 18.3. The summed E-state index contributed by atoms with van der Waals surface area (Å²) < 4.78 is 5.28. The zero-order valence-electron chi connectivity index (χ0n) is 11.3. The quantitative estimate of drug-likeness (QED) is 0.819. The Bertz CT molecular complexity index is 417. The number of pyridine rings is 1. The molecule has 1 saturated heterocycles. The third kappa shape index (κ3) is 4.21. The lowest BCUT2D eigenvalue weighted by Crippen LogP contribution is -2.30. The fourth-order valence-corrected chi connectivity index (χ4v) is 2.01. The molecular formula is C14H21N3O2. The predicted octanol–water partition coefficient (Wildman–Crippen LogP) is 1.67. The molecule has 1 aliphatic heterocycles. The second-order valence-corrected chi connectivity index (χ2v) is 4.80. The first-order chi connectivity index (χ1) is 9.29. The number of aromatic nitrogens is 1. The molecule has 0 aromatic carbocycles. The number of ether oxygens (including phenoxy) is 1. The van der Waals surface area contributed by atoms with Crippen molar-refractivity contribution in [1.82, 2.24) is 10.3 Å². The van der Waals surface area contributed by atoms with Crippen molar-refractivity contribution in [2.75, 3.05) is 31.6 Å².